The number of nitrogens with zero attached hydrogens (tertiary/aromatic N) is 1. The summed E-state index contributed by atoms with van der Waals surface area (Å²) in [7, 11) is -1.51. The quantitative estimate of drug-likeness (QED) is 0.765. The van der Waals surface area contributed by atoms with Gasteiger partial charge in [0.1, 0.15) is 17.3 Å². The van der Waals surface area contributed by atoms with Crippen LogP contribution in [0.2, 0.25) is 0 Å². The van der Waals surface area contributed by atoms with Crippen molar-refractivity contribution < 1.29 is 19.2 Å². The number of halogens is 1. The highest BCUT2D eigenvalue weighted by Gasteiger charge is 2.10. The number of rotatable bonds is 3. The highest BCUT2D eigenvalue weighted by Crippen LogP contribution is 2.19. The van der Waals surface area contributed by atoms with Crippen molar-refractivity contribution in [3.8, 4) is 11.5 Å². The molecule has 0 amide bonds. The van der Waals surface area contributed by atoms with Gasteiger partial charge in [0, 0.05) is 6.07 Å². The molecule has 0 aliphatic carbocycles. The summed E-state index contributed by atoms with van der Waals surface area (Å²) < 4.78 is 18.2. The van der Waals surface area contributed by atoms with Gasteiger partial charge in [-0.25, -0.2) is 4.39 Å². The smallest absolute Gasteiger partial charge is 0.456 e. The van der Waals surface area contributed by atoms with Gasteiger partial charge >= 0.3 is 7.12 Å². The second-order valence-electron chi connectivity index (χ2n) is 3.38. The molecule has 0 aliphatic rings. The van der Waals surface area contributed by atoms with E-state index in [9.17, 15) is 4.39 Å². The SMILES string of the molecule is OB(O)c1ccc(Oc2cncc(F)c2)cc1. The van der Waals surface area contributed by atoms with E-state index >= 15 is 0 Å². The van der Waals surface area contributed by atoms with E-state index < -0.39 is 12.9 Å². The van der Waals surface area contributed by atoms with Crippen molar-refractivity contribution >= 4 is 12.6 Å². The van der Waals surface area contributed by atoms with E-state index in [2.05, 4.69) is 4.98 Å². The lowest BCUT2D eigenvalue weighted by atomic mass is 9.80. The number of benzene rings is 1. The summed E-state index contributed by atoms with van der Waals surface area (Å²) in [5.74, 6) is 0.258. The Kier molecular flexibility index (Phi) is 3.36. The minimum atomic E-state index is -1.51. The molecule has 6 heteroatoms. The average Bonchev–Trinajstić information content (AvgIpc) is 2.29. The lowest BCUT2D eigenvalue weighted by Crippen LogP contribution is -2.29. The largest absolute Gasteiger partial charge is 0.488 e. The summed E-state index contributed by atoms with van der Waals surface area (Å²) >= 11 is 0. The van der Waals surface area contributed by atoms with Crippen LogP contribution in [0.4, 0.5) is 4.39 Å². The van der Waals surface area contributed by atoms with E-state index in [1.54, 1.807) is 12.1 Å². The van der Waals surface area contributed by atoms with E-state index in [1.165, 1.54) is 24.4 Å². The van der Waals surface area contributed by atoms with Gasteiger partial charge in [0.2, 0.25) is 0 Å². The van der Waals surface area contributed by atoms with Crippen molar-refractivity contribution in [2.45, 2.75) is 0 Å². The van der Waals surface area contributed by atoms with Gasteiger partial charge in [0.05, 0.1) is 12.4 Å². The fraction of sp³-hybridized carbons (Fsp3) is 0. The molecule has 0 radical (unpaired) electrons. The molecule has 0 spiro atoms. The molecule has 4 nitrogen and oxygen atoms in total. The van der Waals surface area contributed by atoms with Crippen molar-refractivity contribution in [3.63, 3.8) is 0 Å². The molecule has 0 saturated carbocycles. The van der Waals surface area contributed by atoms with Crippen molar-refractivity contribution in [3.05, 3.63) is 48.5 Å². The van der Waals surface area contributed by atoms with Crippen LogP contribution < -0.4 is 10.2 Å². The zero-order valence-corrected chi connectivity index (χ0v) is 8.75. The van der Waals surface area contributed by atoms with Crippen molar-refractivity contribution in [1.82, 2.24) is 4.98 Å². The Labute approximate surface area is 97.5 Å². The van der Waals surface area contributed by atoms with E-state index in [4.69, 9.17) is 14.8 Å². The Bertz CT molecular complexity index is 504. The standard InChI is InChI=1S/C11H9BFNO3/c13-9-5-11(7-14-6-9)17-10-3-1-8(2-4-10)12(15)16/h1-7,15-16H. The zero-order valence-electron chi connectivity index (χ0n) is 8.75. The topological polar surface area (TPSA) is 62.6 Å². The van der Waals surface area contributed by atoms with Crippen molar-refractivity contribution in [2.24, 2.45) is 0 Å². The van der Waals surface area contributed by atoms with Gasteiger partial charge in [0.15, 0.2) is 0 Å². The molecule has 0 atom stereocenters. The Morgan fingerprint density at radius 1 is 1.06 bits per heavy atom. The number of aromatic nitrogens is 1. The summed E-state index contributed by atoms with van der Waals surface area (Å²) in [6, 6.07) is 7.33. The molecule has 0 fully saturated rings. The van der Waals surface area contributed by atoms with Crippen LogP contribution in [0.5, 0.6) is 11.5 Å². The van der Waals surface area contributed by atoms with Crippen LogP contribution in [0, 0.1) is 5.82 Å². The predicted octanol–water partition coefficient (Wildman–Crippen LogP) is 0.693. The van der Waals surface area contributed by atoms with Crippen LogP contribution in [0.15, 0.2) is 42.7 Å². The monoisotopic (exact) mass is 233 g/mol. The number of ether oxygens (including phenoxy) is 1. The Morgan fingerprint density at radius 2 is 1.76 bits per heavy atom. The summed E-state index contributed by atoms with van der Waals surface area (Å²) in [5, 5.41) is 17.8. The van der Waals surface area contributed by atoms with Gasteiger partial charge in [-0.2, -0.15) is 0 Å². The maximum absolute atomic E-state index is 12.8. The van der Waals surface area contributed by atoms with Crippen LogP contribution >= 0.6 is 0 Å². The third-order valence-corrected chi connectivity index (χ3v) is 2.09. The molecule has 2 aromatic rings. The van der Waals surface area contributed by atoms with Crippen LogP contribution in [-0.2, 0) is 0 Å². The highest BCUT2D eigenvalue weighted by atomic mass is 19.1. The van der Waals surface area contributed by atoms with Gasteiger partial charge < -0.3 is 14.8 Å². The molecule has 0 unspecified atom stereocenters. The summed E-state index contributed by atoms with van der Waals surface area (Å²) in [4.78, 5) is 3.65. The minimum Gasteiger partial charge on any atom is -0.456 e. The van der Waals surface area contributed by atoms with Gasteiger partial charge in [-0.15, -0.1) is 0 Å². The third kappa shape index (κ3) is 3.02. The molecule has 0 saturated heterocycles. The van der Waals surface area contributed by atoms with Gasteiger partial charge in [-0.1, -0.05) is 12.1 Å². The minimum absolute atomic E-state index is 0.280. The Morgan fingerprint density at radius 3 is 2.35 bits per heavy atom. The van der Waals surface area contributed by atoms with Crippen molar-refractivity contribution in [1.29, 1.82) is 0 Å². The van der Waals surface area contributed by atoms with Gasteiger partial charge in [-0.05, 0) is 17.6 Å². The van der Waals surface area contributed by atoms with Gasteiger partial charge in [-0.3, -0.25) is 4.98 Å². The van der Waals surface area contributed by atoms with E-state index in [0.29, 0.717) is 11.2 Å². The number of hydrogen-bond acceptors (Lipinski definition) is 4. The molecular formula is C11H9BFNO3. The molecule has 1 heterocycles. The molecule has 1 aromatic heterocycles. The molecule has 1 aromatic carbocycles. The molecule has 2 rings (SSSR count). The molecular weight excluding hydrogens is 224 g/mol. The van der Waals surface area contributed by atoms with Crippen molar-refractivity contribution in [2.75, 3.05) is 0 Å². The van der Waals surface area contributed by atoms with Crippen LogP contribution in [0.3, 0.4) is 0 Å². The van der Waals surface area contributed by atoms with E-state index in [-0.39, 0.29) is 5.75 Å². The second-order valence-corrected chi connectivity index (χ2v) is 3.38. The first kappa shape index (κ1) is 11.6. The summed E-state index contributed by atoms with van der Waals surface area (Å²) in [6.07, 6.45) is 2.47. The Balaban J connectivity index is 2.14. The normalized spacial score (nSPS) is 10.1. The second kappa shape index (κ2) is 4.94. The number of hydrogen-bond donors (Lipinski definition) is 2. The fourth-order valence-electron chi connectivity index (χ4n) is 1.29. The first-order valence-electron chi connectivity index (χ1n) is 4.89. The number of pyridine rings is 1. The fourth-order valence-corrected chi connectivity index (χ4v) is 1.29. The predicted molar refractivity (Wildman–Crippen MR) is 60.5 cm³/mol. The maximum Gasteiger partial charge on any atom is 0.488 e. The lowest BCUT2D eigenvalue weighted by Gasteiger charge is -2.06. The molecule has 2 N–H and O–H groups in total. The highest BCUT2D eigenvalue weighted by molar-refractivity contribution is 6.58. The summed E-state index contributed by atoms with van der Waals surface area (Å²) in [6.45, 7) is 0. The molecule has 17 heavy (non-hydrogen) atoms. The third-order valence-electron chi connectivity index (χ3n) is 2.09. The maximum atomic E-state index is 12.8. The molecule has 86 valence electrons. The molecule has 0 aliphatic heterocycles. The Hall–Kier alpha value is -1.92. The zero-order chi connectivity index (χ0) is 12.3. The van der Waals surface area contributed by atoms with Gasteiger partial charge in [0.25, 0.3) is 0 Å². The lowest BCUT2D eigenvalue weighted by molar-refractivity contribution is 0.425. The van der Waals surface area contributed by atoms with Crippen LogP contribution in [-0.4, -0.2) is 22.2 Å². The van der Waals surface area contributed by atoms with E-state index in [1.807, 2.05) is 0 Å². The van der Waals surface area contributed by atoms with Crippen LogP contribution in [0.1, 0.15) is 0 Å². The van der Waals surface area contributed by atoms with Crippen LogP contribution in [0.25, 0.3) is 0 Å². The van der Waals surface area contributed by atoms with E-state index in [0.717, 1.165) is 6.20 Å². The first-order valence-corrected chi connectivity index (χ1v) is 4.89. The first-order chi connectivity index (χ1) is 8.15. The molecule has 0 bridgehead atoms. The average molecular weight is 233 g/mol. The summed E-state index contributed by atoms with van der Waals surface area (Å²) in [5.41, 5.74) is 0.356.